The molecule has 0 spiro atoms. The van der Waals surface area contributed by atoms with Crippen molar-refractivity contribution in [1.82, 2.24) is 5.32 Å². The number of carbonyl (C=O) groups is 2. The highest BCUT2D eigenvalue weighted by molar-refractivity contribution is 7.91. The van der Waals surface area contributed by atoms with E-state index in [9.17, 15) is 31.2 Å². The molecule has 1 aliphatic carbocycles. The fourth-order valence-electron chi connectivity index (χ4n) is 4.12. The molecule has 2 saturated heterocycles. The maximum atomic E-state index is 14.6. The highest BCUT2D eigenvalue weighted by Gasteiger charge is 2.60. The van der Waals surface area contributed by atoms with Gasteiger partial charge in [0.05, 0.1) is 23.7 Å². The molecule has 1 unspecified atom stereocenters. The summed E-state index contributed by atoms with van der Waals surface area (Å²) < 4.78 is 69.3. The third-order valence-corrected chi connectivity index (χ3v) is 7.22. The molecule has 1 N–H and O–H groups in total. The van der Waals surface area contributed by atoms with Gasteiger partial charge in [0.15, 0.2) is 15.9 Å². The molecule has 2 aliphatic heterocycles. The van der Waals surface area contributed by atoms with E-state index in [2.05, 4.69) is 5.32 Å². The molecule has 2 amide bonds. The van der Waals surface area contributed by atoms with Crippen LogP contribution in [-0.2, 0) is 19.4 Å². The van der Waals surface area contributed by atoms with Gasteiger partial charge >= 0.3 is 6.09 Å². The lowest BCUT2D eigenvalue weighted by molar-refractivity contribution is -0.127. The average Bonchev–Trinajstić information content (AvgIpc) is 2.95. The molecular formula is C17H17F3N2O5S. The topological polar surface area (TPSA) is 92.8 Å². The first-order valence-corrected chi connectivity index (χ1v) is 10.5. The van der Waals surface area contributed by atoms with Gasteiger partial charge in [-0.3, -0.25) is 9.69 Å². The van der Waals surface area contributed by atoms with Crippen molar-refractivity contribution < 1.29 is 35.9 Å². The lowest BCUT2D eigenvalue weighted by atomic mass is 10.1. The Morgan fingerprint density at radius 2 is 1.82 bits per heavy atom. The first kappa shape index (κ1) is 19.0. The van der Waals surface area contributed by atoms with Crippen LogP contribution in [0.15, 0.2) is 12.1 Å². The first-order chi connectivity index (χ1) is 13.2. The number of cyclic esters (lactones) is 1. The molecule has 0 radical (unpaired) electrons. The number of amides is 2. The smallest absolute Gasteiger partial charge is 0.415 e. The minimum Gasteiger partial charge on any atom is -0.434 e. The Labute approximate surface area is 158 Å². The predicted octanol–water partition coefficient (Wildman–Crippen LogP) is 1.13. The Hall–Kier alpha value is -2.30. The Morgan fingerprint density at radius 3 is 2.39 bits per heavy atom. The van der Waals surface area contributed by atoms with Gasteiger partial charge in [-0.25, -0.2) is 26.4 Å². The molecule has 2 heterocycles. The van der Waals surface area contributed by atoms with Crippen LogP contribution < -0.4 is 10.2 Å². The number of nitrogens with one attached hydrogen (secondary N) is 1. The monoisotopic (exact) mass is 418 g/mol. The molecule has 0 aromatic heterocycles. The summed E-state index contributed by atoms with van der Waals surface area (Å²) in [5, 5.41) is 2.24. The van der Waals surface area contributed by atoms with Gasteiger partial charge in [-0.15, -0.1) is 0 Å². The van der Waals surface area contributed by atoms with E-state index in [-0.39, 0.29) is 47.7 Å². The lowest BCUT2D eigenvalue weighted by Gasteiger charge is -2.16. The molecule has 152 valence electrons. The van der Waals surface area contributed by atoms with Crippen LogP contribution in [0.2, 0.25) is 0 Å². The molecule has 3 aliphatic rings. The Morgan fingerprint density at radius 1 is 1.21 bits per heavy atom. The van der Waals surface area contributed by atoms with Crippen LogP contribution in [0.4, 0.5) is 23.7 Å². The molecule has 1 aromatic rings. The standard InChI is InChI=1S/C17H17F3N2O5S/c18-1-2-21-16(23)13-5-22(17(24)27-13)8-3-11(19)15(12(20)4-8)14-9-6-28(25,26)7-10(9)14/h3-4,9-10,13-14H,1-2,5-7H2,(H,21,23)/t9-,10+,13-,14?/m1/s1. The van der Waals surface area contributed by atoms with Gasteiger partial charge < -0.3 is 10.1 Å². The highest BCUT2D eigenvalue weighted by Crippen LogP contribution is 2.60. The molecule has 4 rings (SSSR count). The van der Waals surface area contributed by atoms with Crippen molar-refractivity contribution in [2.24, 2.45) is 11.8 Å². The number of ether oxygens (including phenoxy) is 1. The number of hydrogen-bond acceptors (Lipinski definition) is 5. The summed E-state index contributed by atoms with van der Waals surface area (Å²) in [5.74, 6) is -3.62. The summed E-state index contributed by atoms with van der Waals surface area (Å²) in [6, 6.07) is 1.95. The van der Waals surface area contributed by atoms with E-state index in [0.29, 0.717) is 0 Å². The number of carbonyl (C=O) groups excluding carboxylic acids is 2. The summed E-state index contributed by atoms with van der Waals surface area (Å²) in [7, 11) is -3.14. The number of hydrogen-bond donors (Lipinski definition) is 1. The van der Waals surface area contributed by atoms with E-state index in [4.69, 9.17) is 4.74 Å². The van der Waals surface area contributed by atoms with Gasteiger partial charge in [-0.1, -0.05) is 0 Å². The van der Waals surface area contributed by atoms with Crippen LogP contribution >= 0.6 is 0 Å². The normalized spacial score (nSPS) is 30.1. The maximum absolute atomic E-state index is 14.6. The summed E-state index contributed by atoms with van der Waals surface area (Å²) in [5.41, 5.74) is -0.276. The molecule has 0 bridgehead atoms. The summed E-state index contributed by atoms with van der Waals surface area (Å²) in [4.78, 5) is 24.7. The van der Waals surface area contributed by atoms with Gasteiger partial charge in [0.1, 0.15) is 18.3 Å². The van der Waals surface area contributed by atoms with Gasteiger partial charge in [0.2, 0.25) is 0 Å². The number of fused-ring (bicyclic) bond motifs is 1. The van der Waals surface area contributed by atoms with Crippen LogP contribution in [0, 0.1) is 23.5 Å². The highest BCUT2D eigenvalue weighted by atomic mass is 32.2. The number of nitrogens with zero attached hydrogens (tertiary/aromatic N) is 1. The molecule has 11 heteroatoms. The zero-order valence-corrected chi connectivity index (χ0v) is 15.3. The van der Waals surface area contributed by atoms with Crippen LogP contribution in [0.1, 0.15) is 11.5 Å². The number of halogens is 3. The fraction of sp³-hybridized carbons (Fsp3) is 0.529. The summed E-state index contributed by atoms with van der Waals surface area (Å²) >= 11 is 0. The number of benzene rings is 1. The quantitative estimate of drug-likeness (QED) is 0.774. The Balaban J connectivity index is 1.51. The van der Waals surface area contributed by atoms with E-state index in [1.54, 1.807) is 0 Å². The van der Waals surface area contributed by atoms with Gasteiger partial charge in [0, 0.05) is 12.1 Å². The largest absolute Gasteiger partial charge is 0.434 e. The molecule has 1 aromatic carbocycles. The predicted molar refractivity (Wildman–Crippen MR) is 91.3 cm³/mol. The van der Waals surface area contributed by atoms with E-state index in [0.717, 1.165) is 17.0 Å². The van der Waals surface area contributed by atoms with Gasteiger partial charge in [-0.2, -0.15) is 0 Å². The van der Waals surface area contributed by atoms with Crippen molar-refractivity contribution in [3.8, 4) is 0 Å². The minimum atomic E-state index is -3.14. The zero-order valence-electron chi connectivity index (χ0n) is 14.5. The Kier molecular flexibility index (Phi) is 4.52. The SMILES string of the molecule is O=C(NCCF)[C@H]1CN(c2cc(F)c(C3[C@H]4CS(=O)(=O)C[C@@H]34)c(F)c2)C(=O)O1. The molecular weight excluding hydrogens is 401 g/mol. The van der Waals surface area contributed by atoms with Gasteiger partial charge in [0.25, 0.3) is 5.91 Å². The summed E-state index contributed by atoms with van der Waals surface area (Å²) in [6.07, 6.45) is -2.15. The molecule has 1 saturated carbocycles. The second-order valence-corrected chi connectivity index (χ2v) is 9.37. The van der Waals surface area contributed by atoms with Crippen LogP contribution in [0.25, 0.3) is 0 Å². The zero-order chi connectivity index (χ0) is 20.2. The second-order valence-electron chi connectivity index (χ2n) is 7.22. The molecule has 7 nitrogen and oxygen atoms in total. The maximum Gasteiger partial charge on any atom is 0.415 e. The third-order valence-electron chi connectivity index (χ3n) is 5.43. The minimum absolute atomic E-state index is 0.0723. The van der Waals surface area contributed by atoms with Crippen molar-refractivity contribution in [3.63, 3.8) is 0 Å². The van der Waals surface area contributed by atoms with E-state index in [1.807, 2.05) is 0 Å². The number of sulfone groups is 1. The third kappa shape index (κ3) is 3.21. The van der Waals surface area contributed by atoms with Gasteiger partial charge in [-0.05, 0) is 29.9 Å². The van der Waals surface area contributed by atoms with E-state index < -0.39 is 52.2 Å². The lowest BCUT2D eigenvalue weighted by Crippen LogP contribution is -2.38. The van der Waals surface area contributed by atoms with Crippen molar-refractivity contribution in [3.05, 3.63) is 29.3 Å². The second kappa shape index (κ2) is 6.64. The fourth-order valence-corrected chi connectivity index (χ4v) is 6.34. The number of anilines is 1. The van der Waals surface area contributed by atoms with Crippen molar-refractivity contribution in [1.29, 1.82) is 0 Å². The number of rotatable bonds is 5. The molecule has 4 atom stereocenters. The van der Waals surface area contributed by atoms with E-state index >= 15 is 0 Å². The molecule has 28 heavy (non-hydrogen) atoms. The van der Waals surface area contributed by atoms with Crippen LogP contribution in [0.3, 0.4) is 0 Å². The molecule has 3 fully saturated rings. The van der Waals surface area contributed by atoms with Crippen molar-refractivity contribution >= 4 is 27.5 Å². The van der Waals surface area contributed by atoms with E-state index in [1.165, 1.54) is 0 Å². The first-order valence-electron chi connectivity index (χ1n) is 8.73. The van der Waals surface area contributed by atoms with Crippen molar-refractivity contribution in [2.45, 2.75) is 12.0 Å². The van der Waals surface area contributed by atoms with Crippen LogP contribution in [-0.4, -0.2) is 57.8 Å². The number of alkyl halides is 1. The van der Waals surface area contributed by atoms with Crippen LogP contribution in [0.5, 0.6) is 0 Å². The average molecular weight is 418 g/mol. The Bertz CT molecular complexity index is 913. The summed E-state index contributed by atoms with van der Waals surface area (Å²) in [6.45, 7) is -1.27. The van der Waals surface area contributed by atoms with Crippen molar-refractivity contribution in [2.75, 3.05) is 36.2 Å².